The molecule has 4 nitrogen and oxygen atoms in total. The molecule has 0 aliphatic heterocycles. The van der Waals surface area contributed by atoms with Crippen molar-refractivity contribution in [3.8, 4) is 0 Å². The number of hydrogen-bond donors (Lipinski definition) is 2. The first-order valence-corrected chi connectivity index (χ1v) is 9.31. The highest BCUT2D eigenvalue weighted by Crippen LogP contribution is 2.31. The average molecular weight is 371 g/mol. The SMILES string of the molecule is CSCCCCCNc1c(NC(=O)C(F)(F)F)cnc2ccccc12. The summed E-state index contributed by atoms with van der Waals surface area (Å²) in [6, 6.07) is 7.12. The molecule has 0 unspecified atom stereocenters. The lowest BCUT2D eigenvalue weighted by atomic mass is 10.1. The molecule has 1 aromatic carbocycles. The van der Waals surface area contributed by atoms with E-state index < -0.39 is 12.1 Å². The average Bonchev–Trinajstić information content (AvgIpc) is 2.58. The summed E-state index contributed by atoms with van der Waals surface area (Å²) in [4.78, 5) is 15.4. The number of rotatable bonds is 8. The number of carbonyl (C=O) groups excluding carboxylic acids is 1. The molecule has 2 rings (SSSR count). The maximum Gasteiger partial charge on any atom is 0.471 e. The summed E-state index contributed by atoms with van der Waals surface area (Å²) in [5, 5.41) is 5.75. The zero-order chi connectivity index (χ0) is 18.3. The lowest BCUT2D eigenvalue weighted by molar-refractivity contribution is -0.167. The molecule has 0 atom stereocenters. The third-order valence-electron chi connectivity index (χ3n) is 3.61. The number of amides is 1. The number of halogens is 3. The van der Waals surface area contributed by atoms with Gasteiger partial charge in [0.1, 0.15) is 0 Å². The normalized spacial score (nSPS) is 11.5. The van der Waals surface area contributed by atoms with Crippen LogP contribution in [0.4, 0.5) is 24.5 Å². The zero-order valence-electron chi connectivity index (χ0n) is 13.8. The minimum absolute atomic E-state index is 0.0325. The van der Waals surface area contributed by atoms with Gasteiger partial charge in [-0.1, -0.05) is 24.6 Å². The Balaban J connectivity index is 2.18. The van der Waals surface area contributed by atoms with E-state index in [1.165, 1.54) is 6.20 Å². The Morgan fingerprint density at radius 1 is 1.20 bits per heavy atom. The van der Waals surface area contributed by atoms with Gasteiger partial charge >= 0.3 is 12.1 Å². The Bertz CT molecular complexity index is 722. The minimum atomic E-state index is -4.94. The summed E-state index contributed by atoms with van der Waals surface area (Å²) in [5.74, 6) is -0.918. The van der Waals surface area contributed by atoms with E-state index in [1.807, 2.05) is 5.32 Å². The van der Waals surface area contributed by atoms with Crippen LogP contribution in [-0.2, 0) is 4.79 Å². The third kappa shape index (κ3) is 5.52. The molecule has 1 aromatic heterocycles. The number of alkyl halides is 3. The predicted molar refractivity (Wildman–Crippen MR) is 97.2 cm³/mol. The lowest BCUT2D eigenvalue weighted by Crippen LogP contribution is -2.30. The van der Waals surface area contributed by atoms with Gasteiger partial charge in [-0.05, 0) is 30.9 Å². The molecule has 8 heteroatoms. The van der Waals surface area contributed by atoms with Crippen molar-refractivity contribution in [3.63, 3.8) is 0 Å². The van der Waals surface area contributed by atoms with Crippen LogP contribution in [0.25, 0.3) is 10.9 Å². The van der Waals surface area contributed by atoms with Crippen LogP contribution in [0.2, 0.25) is 0 Å². The molecule has 0 saturated carbocycles. The van der Waals surface area contributed by atoms with Crippen molar-refractivity contribution in [1.29, 1.82) is 0 Å². The van der Waals surface area contributed by atoms with E-state index >= 15 is 0 Å². The molecular weight excluding hydrogens is 351 g/mol. The van der Waals surface area contributed by atoms with E-state index in [9.17, 15) is 18.0 Å². The van der Waals surface area contributed by atoms with E-state index in [1.54, 1.807) is 36.0 Å². The number of nitrogens with zero attached hydrogens (tertiary/aromatic N) is 1. The lowest BCUT2D eigenvalue weighted by Gasteiger charge is -2.16. The van der Waals surface area contributed by atoms with Crippen molar-refractivity contribution in [3.05, 3.63) is 30.5 Å². The fraction of sp³-hybridized carbons (Fsp3) is 0.412. The predicted octanol–water partition coefficient (Wildman–Crippen LogP) is 4.68. The Hall–Kier alpha value is -1.96. The summed E-state index contributed by atoms with van der Waals surface area (Å²) in [6.45, 7) is 0.608. The molecule has 136 valence electrons. The molecule has 25 heavy (non-hydrogen) atoms. The number of thioether (sulfide) groups is 1. The Kier molecular flexibility index (Phi) is 6.92. The molecule has 0 aliphatic rings. The molecule has 1 amide bonds. The third-order valence-corrected chi connectivity index (χ3v) is 4.31. The van der Waals surface area contributed by atoms with Crippen LogP contribution in [0, 0.1) is 0 Å². The van der Waals surface area contributed by atoms with Gasteiger partial charge in [-0.15, -0.1) is 0 Å². The number of anilines is 2. The van der Waals surface area contributed by atoms with Gasteiger partial charge in [0.15, 0.2) is 0 Å². The van der Waals surface area contributed by atoms with E-state index in [-0.39, 0.29) is 5.69 Å². The summed E-state index contributed by atoms with van der Waals surface area (Å²) >= 11 is 1.79. The van der Waals surface area contributed by atoms with Crippen molar-refractivity contribution in [2.45, 2.75) is 25.4 Å². The van der Waals surface area contributed by atoms with Crippen LogP contribution in [0.1, 0.15) is 19.3 Å². The summed E-state index contributed by atoms with van der Waals surface area (Å²) < 4.78 is 37.7. The standard InChI is InChI=1S/C17H20F3N3OS/c1-25-10-6-2-5-9-21-15-12-7-3-4-8-13(12)22-11-14(15)23-16(24)17(18,19)20/h3-4,7-8,11H,2,5-6,9-10H2,1H3,(H,21,22)(H,23,24). The Labute approximate surface area is 148 Å². The van der Waals surface area contributed by atoms with Crippen molar-refractivity contribution < 1.29 is 18.0 Å². The summed E-state index contributed by atoms with van der Waals surface area (Å²) in [6.07, 6.45) is 1.38. The highest BCUT2D eigenvalue weighted by atomic mass is 32.2. The van der Waals surface area contributed by atoms with Crippen LogP contribution in [0.5, 0.6) is 0 Å². The van der Waals surface area contributed by atoms with Crippen LogP contribution in [0.15, 0.2) is 30.5 Å². The van der Waals surface area contributed by atoms with Gasteiger partial charge in [0.05, 0.1) is 23.1 Å². The molecule has 0 bridgehead atoms. The van der Waals surface area contributed by atoms with Gasteiger partial charge in [-0.25, -0.2) is 0 Å². The molecule has 2 aromatic rings. The number of unbranched alkanes of at least 4 members (excludes halogenated alkanes) is 2. The first kappa shape index (κ1) is 19.4. The number of benzene rings is 1. The second kappa shape index (κ2) is 8.94. The Morgan fingerprint density at radius 2 is 1.96 bits per heavy atom. The topological polar surface area (TPSA) is 54.0 Å². The molecule has 0 spiro atoms. The van der Waals surface area contributed by atoms with Crippen LogP contribution < -0.4 is 10.6 Å². The fourth-order valence-electron chi connectivity index (χ4n) is 2.38. The number of hydrogen-bond acceptors (Lipinski definition) is 4. The van der Waals surface area contributed by atoms with Crippen LogP contribution in [0.3, 0.4) is 0 Å². The molecular formula is C17H20F3N3OS. The first-order chi connectivity index (χ1) is 11.9. The van der Waals surface area contributed by atoms with Gasteiger partial charge in [0, 0.05) is 11.9 Å². The van der Waals surface area contributed by atoms with E-state index in [0.29, 0.717) is 23.1 Å². The molecule has 0 radical (unpaired) electrons. The molecule has 0 aliphatic carbocycles. The summed E-state index contributed by atoms with van der Waals surface area (Å²) in [7, 11) is 0. The zero-order valence-corrected chi connectivity index (χ0v) is 14.6. The van der Waals surface area contributed by atoms with E-state index in [0.717, 1.165) is 25.0 Å². The number of nitrogens with one attached hydrogen (secondary N) is 2. The largest absolute Gasteiger partial charge is 0.471 e. The smallest absolute Gasteiger partial charge is 0.383 e. The number of carbonyl (C=O) groups is 1. The number of fused-ring (bicyclic) bond motifs is 1. The quantitative estimate of drug-likeness (QED) is 0.662. The van der Waals surface area contributed by atoms with Gasteiger partial charge in [-0.2, -0.15) is 24.9 Å². The molecule has 0 saturated heterocycles. The summed E-state index contributed by atoms with van der Waals surface area (Å²) in [5.41, 5.74) is 1.15. The van der Waals surface area contributed by atoms with Crippen molar-refractivity contribution in [1.82, 2.24) is 4.98 Å². The highest BCUT2D eigenvalue weighted by Gasteiger charge is 2.39. The molecule has 0 fully saturated rings. The monoisotopic (exact) mass is 371 g/mol. The van der Waals surface area contributed by atoms with E-state index in [2.05, 4.69) is 16.6 Å². The van der Waals surface area contributed by atoms with Gasteiger partial charge < -0.3 is 10.6 Å². The molecule has 1 heterocycles. The van der Waals surface area contributed by atoms with Crippen molar-refractivity contribution in [2.24, 2.45) is 0 Å². The second-order valence-corrected chi connectivity index (χ2v) is 6.48. The van der Waals surface area contributed by atoms with Crippen molar-refractivity contribution >= 4 is 39.9 Å². The van der Waals surface area contributed by atoms with Gasteiger partial charge in [0.2, 0.25) is 0 Å². The Morgan fingerprint density at radius 3 is 2.68 bits per heavy atom. The van der Waals surface area contributed by atoms with Gasteiger partial charge in [0.25, 0.3) is 0 Å². The highest BCUT2D eigenvalue weighted by molar-refractivity contribution is 7.98. The van der Waals surface area contributed by atoms with Crippen molar-refractivity contribution in [2.75, 3.05) is 29.2 Å². The first-order valence-electron chi connectivity index (χ1n) is 7.92. The maximum atomic E-state index is 12.6. The van der Waals surface area contributed by atoms with Crippen LogP contribution >= 0.6 is 11.8 Å². The second-order valence-electron chi connectivity index (χ2n) is 5.50. The number of aromatic nitrogens is 1. The molecule has 2 N–H and O–H groups in total. The maximum absolute atomic E-state index is 12.6. The fourth-order valence-corrected chi connectivity index (χ4v) is 2.87. The van der Waals surface area contributed by atoms with Gasteiger partial charge in [-0.3, -0.25) is 9.78 Å². The minimum Gasteiger partial charge on any atom is -0.383 e. The number of para-hydroxylation sites is 1. The van der Waals surface area contributed by atoms with Crippen LogP contribution in [-0.4, -0.2) is 35.6 Å². The van der Waals surface area contributed by atoms with E-state index in [4.69, 9.17) is 0 Å². The number of pyridine rings is 1.